The molecule has 1 aromatic rings. The standard InChI is InChI=1S/C17H24N2O6S/c1-13-6-7-14(26(22,23)19-8-4-3-5-9-19)10-15(13)18-16(20)11-25-17(21)12-24-2/h6-7,10H,3-5,8-9,11-12H2,1-2H3,(H,18,20). The van der Waals surface area contributed by atoms with Crippen molar-refractivity contribution in [2.45, 2.75) is 31.1 Å². The van der Waals surface area contributed by atoms with Crippen LogP contribution in [-0.4, -0.2) is 58.0 Å². The fourth-order valence-corrected chi connectivity index (χ4v) is 4.19. The Bertz CT molecular complexity index is 757. The lowest BCUT2D eigenvalue weighted by Crippen LogP contribution is -2.35. The van der Waals surface area contributed by atoms with Gasteiger partial charge in [0.1, 0.15) is 6.61 Å². The summed E-state index contributed by atoms with van der Waals surface area (Å²) in [7, 11) is -2.24. The Labute approximate surface area is 153 Å². The van der Waals surface area contributed by atoms with E-state index >= 15 is 0 Å². The molecule has 0 saturated carbocycles. The average molecular weight is 384 g/mol. The maximum Gasteiger partial charge on any atom is 0.332 e. The monoisotopic (exact) mass is 384 g/mol. The number of carbonyl (C=O) groups is 2. The molecule has 8 nitrogen and oxygen atoms in total. The smallest absolute Gasteiger partial charge is 0.332 e. The number of benzene rings is 1. The molecule has 1 aromatic carbocycles. The maximum absolute atomic E-state index is 12.8. The first-order valence-corrected chi connectivity index (χ1v) is 9.84. The first kappa shape index (κ1) is 20.3. The highest BCUT2D eigenvalue weighted by Gasteiger charge is 2.26. The van der Waals surface area contributed by atoms with E-state index in [0.717, 1.165) is 19.3 Å². The topological polar surface area (TPSA) is 102 Å². The number of amides is 1. The number of methoxy groups -OCH3 is 1. The lowest BCUT2D eigenvalue weighted by atomic mass is 10.2. The minimum Gasteiger partial charge on any atom is -0.454 e. The Morgan fingerprint density at radius 2 is 1.85 bits per heavy atom. The van der Waals surface area contributed by atoms with Gasteiger partial charge in [-0.3, -0.25) is 4.79 Å². The molecule has 9 heteroatoms. The van der Waals surface area contributed by atoms with Gasteiger partial charge in [0.25, 0.3) is 5.91 Å². The van der Waals surface area contributed by atoms with Gasteiger partial charge in [0.05, 0.1) is 4.90 Å². The molecule has 144 valence electrons. The summed E-state index contributed by atoms with van der Waals surface area (Å²) in [6, 6.07) is 4.62. The Balaban J connectivity index is 2.09. The van der Waals surface area contributed by atoms with Crippen LogP contribution in [0.4, 0.5) is 5.69 Å². The normalized spacial score (nSPS) is 15.5. The van der Waals surface area contributed by atoms with Crippen LogP contribution in [0.1, 0.15) is 24.8 Å². The van der Waals surface area contributed by atoms with Crippen molar-refractivity contribution in [1.29, 1.82) is 0 Å². The van der Waals surface area contributed by atoms with Crippen molar-refractivity contribution in [1.82, 2.24) is 4.31 Å². The number of carbonyl (C=O) groups excluding carboxylic acids is 2. The van der Waals surface area contributed by atoms with Crippen LogP contribution in [0.15, 0.2) is 23.1 Å². The Morgan fingerprint density at radius 3 is 2.50 bits per heavy atom. The van der Waals surface area contributed by atoms with Crippen LogP contribution in [-0.2, 0) is 29.1 Å². The third-order valence-electron chi connectivity index (χ3n) is 4.06. The van der Waals surface area contributed by atoms with Crippen molar-refractivity contribution in [2.24, 2.45) is 0 Å². The van der Waals surface area contributed by atoms with Crippen LogP contribution in [0.3, 0.4) is 0 Å². The molecule has 1 heterocycles. The molecule has 0 aliphatic carbocycles. The van der Waals surface area contributed by atoms with Crippen molar-refractivity contribution in [3.05, 3.63) is 23.8 Å². The molecule has 2 rings (SSSR count). The van der Waals surface area contributed by atoms with Gasteiger partial charge in [-0.25, -0.2) is 13.2 Å². The molecular formula is C17H24N2O6S. The number of hydrogen-bond acceptors (Lipinski definition) is 6. The summed E-state index contributed by atoms with van der Waals surface area (Å²) in [4.78, 5) is 23.3. The van der Waals surface area contributed by atoms with E-state index in [1.807, 2.05) is 0 Å². The Kier molecular flexibility index (Phi) is 7.13. The Hall–Kier alpha value is -1.97. The summed E-state index contributed by atoms with van der Waals surface area (Å²) in [5, 5.41) is 2.58. The third kappa shape index (κ3) is 5.26. The Morgan fingerprint density at radius 1 is 1.15 bits per heavy atom. The number of rotatable bonds is 7. The van der Waals surface area contributed by atoms with E-state index < -0.39 is 28.5 Å². The van der Waals surface area contributed by atoms with E-state index in [-0.39, 0.29) is 11.5 Å². The SMILES string of the molecule is COCC(=O)OCC(=O)Nc1cc(S(=O)(=O)N2CCCCC2)ccc1C. The zero-order chi connectivity index (χ0) is 19.2. The largest absolute Gasteiger partial charge is 0.454 e. The predicted molar refractivity (Wildman–Crippen MR) is 95.3 cm³/mol. The van der Waals surface area contributed by atoms with Gasteiger partial charge >= 0.3 is 5.97 Å². The van der Waals surface area contributed by atoms with E-state index in [1.165, 1.54) is 23.5 Å². The van der Waals surface area contributed by atoms with Crippen LogP contribution in [0.5, 0.6) is 0 Å². The lowest BCUT2D eigenvalue weighted by molar-refractivity contribution is -0.150. The van der Waals surface area contributed by atoms with Crippen LogP contribution in [0, 0.1) is 6.92 Å². The summed E-state index contributed by atoms with van der Waals surface area (Å²) < 4.78 is 36.3. The van der Waals surface area contributed by atoms with Gasteiger partial charge in [-0.15, -0.1) is 0 Å². The quantitative estimate of drug-likeness (QED) is 0.711. The number of aryl methyl sites for hydroxylation is 1. The van der Waals surface area contributed by atoms with Crippen molar-refractivity contribution in [3.63, 3.8) is 0 Å². The number of sulfonamides is 1. The van der Waals surface area contributed by atoms with Crippen LogP contribution >= 0.6 is 0 Å². The minimum absolute atomic E-state index is 0.136. The zero-order valence-electron chi connectivity index (χ0n) is 15.0. The van der Waals surface area contributed by atoms with Gasteiger partial charge in [-0.05, 0) is 37.5 Å². The molecule has 26 heavy (non-hydrogen) atoms. The lowest BCUT2D eigenvalue weighted by Gasteiger charge is -2.26. The average Bonchev–Trinajstić information content (AvgIpc) is 2.62. The van der Waals surface area contributed by atoms with E-state index in [4.69, 9.17) is 4.74 Å². The fraction of sp³-hybridized carbons (Fsp3) is 0.529. The maximum atomic E-state index is 12.8. The first-order chi connectivity index (χ1) is 12.3. The summed E-state index contributed by atoms with van der Waals surface area (Å²) in [5.41, 5.74) is 1.08. The number of anilines is 1. The first-order valence-electron chi connectivity index (χ1n) is 8.40. The van der Waals surface area contributed by atoms with Gasteiger partial charge in [0.2, 0.25) is 10.0 Å². The molecule has 1 N–H and O–H groups in total. The molecule has 0 spiro atoms. The van der Waals surface area contributed by atoms with Crippen LogP contribution in [0.25, 0.3) is 0 Å². The minimum atomic E-state index is -3.59. The summed E-state index contributed by atoms with van der Waals surface area (Å²) in [6.45, 7) is 2.06. The molecule has 1 saturated heterocycles. The second kappa shape index (κ2) is 9.11. The predicted octanol–water partition coefficient (Wildman–Crippen LogP) is 1.30. The van der Waals surface area contributed by atoms with Crippen molar-refractivity contribution < 1.29 is 27.5 Å². The summed E-state index contributed by atoms with van der Waals surface area (Å²) in [5.74, 6) is -1.20. The van der Waals surface area contributed by atoms with Gasteiger partial charge in [-0.2, -0.15) is 4.31 Å². The number of nitrogens with zero attached hydrogens (tertiary/aromatic N) is 1. The zero-order valence-corrected chi connectivity index (χ0v) is 15.8. The van der Waals surface area contributed by atoms with Crippen LogP contribution < -0.4 is 5.32 Å². The molecule has 0 radical (unpaired) electrons. The fourth-order valence-electron chi connectivity index (χ4n) is 2.64. The second-order valence-electron chi connectivity index (χ2n) is 6.08. The van der Waals surface area contributed by atoms with Gasteiger partial charge < -0.3 is 14.8 Å². The number of piperidine rings is 1. The second-order valence-corrected chi connectivity index (χ2v) is 8.02. The van der Waals surface area contributed by atoms with Crippen molar-refractivity contribution >= 4 is 27.6 Å². The number of nitrogens with one attached hydrogen (secondary N) is 1. The van der Waals surface area contributed by atoms with E-state index in [1.54, 1.807) is 13.0 Å². The van der Waals surface area contributed by atoms with E-state index in [0.29, 0.717) is 24.3 Å². The molecule has 0 bridgehead atoms. The van der Waals surface area contributed by atoms with Gasteiger partial charge in [-0.1, -0.05) is 12.5 Å². The van der Waals surface area contributed by atoms with Gasteiger partial charge in [0.15, 0.2) is 6.61 Å². The van der Waals surface area contributed by atoms with Gasteiger partial charge in [0, 0.05) is 25.9 Å². The molecule has 0 atom stereocenters. The molecule has 1 amide bonds. The highest BCUT2D eigenvalue weighted by molar-refractivity contribution is 7.89. The molecule has 0 unspecified atom stereocenters. The summed E-state index contributed by atoms with van der Waals surface area (Å²) in [6.07, 6.45) is 2.73. The highest BCUT2D eigenvalue weighted by Crippen LogP contribution is 2.25. The van der Waals surface area contributed by atoms with Crippen LogP contribution in [0.2, 0.25) is 0 Å². The van der Waals surface area contributed by atoms with Crippen molar-refractivity contribution in [3.8, 4) is 0 Å². The number of esters is 1. The molecule has 1 aliphatic heterocycles. The van der Waals surface area contributed by atoms with E-state index in [9.17, 15) is 18.0 Å². The number of hydrogen-bond donors (Lipinski definition) is 1. The molecule has 1 aliphatic rings. The number of ether oxygens (including phenoxy) is 2. The third-order valence-corrected chi connectivity index (χ3v) is 5.96. The van der Waals surface area contributed by atoms with E-state index in [2.05, 4.69) is 10.1 Å². The molecule has 0 aromatic heterocycles. The van der Waals surface area contributed by atoms with Crippen molar-refractivity contribution in [2.75, 3.05) is 38.7 Å². The highest BCUT2D eigenvalue weighted by atomic mass is 32.2. The molecular weight excluding hydrogens is 360 g/mol. The molecule has 1 fully saturated rings. The summed E-state index contributed by atoms with van der Waals surface area (Å²) >= 11 is 0.